The lowest BCUT2D eigenvalue weighted by atomic mass is 10.2. The van der Waals surface area contributed by atoms with Gasteiger partial charge in [-0.15, -0.1) is 0 Å². The third-order valence-corrected chi connectivity index (χ3v) is 2.10. The SMILES string of the molecule is CC.CC.CC(=O)/C(N)=C/C(N)=NCc1ccccc1F. The lowest BCUT2D eigenvalue weighted by Gasteiger charge is -2.00. The van der Waals surface area contributed by atoms with Crippen molar-refractivity contribution in [2.45, 2.75) is 41.2 Å². The summed E-state index contributed by atoms with van der Waals surface area (Å²) in [6.07, 6.45) is 1.27. The Hall–Kier alpha value is -2.17. The number of hydrogen-bond acceptors (Lipinski definition) is 3. The van der Waals surface area contributed by atoms with E-state index in [1.807, 2.05) is 27.7 Å². The molecule has 0 aliphatic carbocycles. The number of halogens is 1. The number of ketones is 1. The zero-order valence-corrected chi connectivity index (χ0v) is 13.5. The number of rotatable bonds is 4. The summed E-state index contributed by atoms with van der Waals surface area (Å²) in [5.41, 5.74) is 11.4. The van der Waals surface area contributed by atoms with Crippen molar-refractivity contribution >= 4 is 11.6 Å². The quantitative estimate of drug-likeness (QED) is 0.508. The van der Waals surface area contributed by atoms with Crippen molar-refractivity contribution in [3.05, 3.63) is 47.4 Å². The summed E-state index contributed by atoms with van der Waals surface area (Å²) in [6, 6.07) is 6.27. The Morgan fingerprint density at radius 3 is 2.19 bits per heavy atom. The van der Waals surface area contributed by atoms with E-state index in [1.165, 1.54) is 19.1 Å². The molecule has 0 radical (unpaired) electrons. The Morgan fingerprint density at radius 2 is 1.71 bits per heavy atom. The van der Waals surface area contributed by atoms with Gasteiger partial charge < -0.3 is 11.5 Å². The van der Waals surface area contributed by atoms with Gasteiger partial charge in [0.2, 0.25) is 0 Å². The third kappa shape index (κ3) is 9.38. The number of aliphatic imine (C=N–C) groups is 1. The Labute approximate surface area is 126 Å². The summed E-state index contributed by atoms with van der Waals surface area (Å²) in [5, 5.41) is 0. The molecule has 0 saturated heterocycles. The van der Waals surface area contributed by atoms with E-state index in [1.54, 1.807) is 18.2 Å². The fourth-order valence-electron chi connectivity index (χ4n) is 1.11. The number of Topliss-reactive ketones (excluding diaryl/α,β-unsaturated/α-hetero) is 1. The Balaban J connectivity index is 0. The van der Waals surface area contributed by atoms with E-state index in [-0.39, 0.29) is 29.7 Å². The second kappa shape index (κ2) is 12.8. The smallest absolute Gasteiger partial charge is 0.175 e. The number of allylic oxidation sites excluding steroid dienone is 1. The monoisotopic (exact) mass is 295 g/mol. The zero-order chi connectivity index (χ0) is 16.8. The molecule has 1 aromatic carbocycles. The second-order valence-corrected chi connectivity index (χ2v) is 3.49. The molecule has 4 N–H and O–H groups in total. The fraction of sp³-hybridized carbons (Fsp3) is 0.375. The average Bonchev–Trinajstić information content (AvgIpc) is 2.50. The molecule has 1 rings (SSSR count). The summed E-state index contributed by atoms with van der Waals surface area (Å²) in [6.45, 7) is 9.44. The van der Waals surface area contributed by atoms with Gasteiger partial charge in [-0.05, 0) is 6.07 Å². The van der Waals surface area contributed by atoms with E-state index in [0.29, 0.717) is 5.56 Å². The highest BCUT2D eigenvalue weighted by Gasteiger charge is 2.00. The van der Waals surface area contributed by atoms with Crippen LogP contribution in [0.25, 0.3) is 0 Å². The number of nitrogens with zero attached hydrogens (tertiary/aromatic N) is 1. The maximum absolute atomic E-state index is 13.2. The number of carbonyl (C=O) groups is 1. The van der Waals surface area contributed by atoms with E-state index in [0.717, 1.165) is 0 Å². The largest absolute Gasteiger partial charge is 0.396 e. The molecule has 0 fully saturated rings. The maximum Gasteiger partial charge on any atom is 0.175 e. The van der Waals surface area contributed by atoms with Crippen molar-refractivity contribution in [2.24, 2.45) is 16.5 Å². The van der Waals surface area contributed by atoms with Crippen molar-refractivity contribution in [1.82, 2.24) is 0 Å². The van der Waals surface area contributed by atoms with Crippen LogP contribution >= 0.6 is 0 Å². The lowest BCUT2D eigenvalue weighted by Crippen LogP contribution is -2.15. The van der Waals surface area contributed by atoms with Gasteiger partial charge >= 0.3 is 0 Å². The van der Waals surface area contributed by atoms with E-state index in [4.69, 9.17) is 11.5 Å². The van der Waals surface area contributed by atoms with E-state index in [2.05, 4.69) is 4.99 Å². The van der Waals surface area contributed by atoms with Gasteiger partial charge in [0.1, 0.15) is 11.7 Å². The molecule has 0 unspecified atom stereocenters. The van der Waals surface area contributed by atoms with Crippen LogP contribution in [0.2, 0.25) is 0 Å². The molecular weight excluding hydrogens is 269 g/mol. The molecule has 0 bridgehead atoms. The third-order valence-electron chi connectivity index (χ3n) is 2.10. The molecule has 0 aromatic heterocycles. The Bertz CT molecular complexity index is 482. The van der Waals surface area contributed by atoms with Crippen LogP contribution < -0.4 is 11.5 Å². The van der Waals surface area contributed by atoms with Crippen molar-refractivity contribution in [1.29, 1.82) is 0 Å². The minimum Gasteiger partial charge on any atom is -0.396 e. The van der Waals surface area contributed by atoms with Crippen molar-refractivity contribution in [2.75, 3.05) is 0 Å². The molecule has 0 atom stereocenters. The molecule has 118 valence electrons. The van der Waals surface area contributed by atoms with Gasteiger partial charge in [0.15, 0.2) is 5.78 Å². The summed E-state index contributed by atoms with van der Waals surface area (Å²) >= 11 is 0. The summed E-state index contributed by atoms with van der Waals surface area (Å²) in [4.78, 5) is 14.8. The topological polar surface area (TPSA) is 81.5 Å². The van der Waals surface area contributed by atoms with Crippen LogP contribution in [0, 0.1) is 5.82 Å². The normalized spacial score (nSPS) is 10.8. The predicted molar refractivity (Wildman–Crippen MR) is 87.4 cm³/mol. The predicted octanol–water partition coefficient (Wildman–Crippen LogP) is 3.17. The highest BCUT2D eigenvalue weighted by molar-refractivity contribution is 6.01. The summed E-state index contributed by atoms with van der Waals surface area (Å²) in [5.74, 6) is -0.525. The number of carbonyl (C=O) groups excluding carboxylic acids is 1. The maximum atomic E-state index is 13.2. The average molecular weight is 295 g/mol. The van der Waals surface area contributed by atoms with Gasteiger partial charge in [-0.25, -0.2) is 4.39 Å². The van der Waals surface area contributed by atoms with E-state index < -0.39 is 0 Å². The first-order chi connectivity index (χ1) is 10.0. The van der Waals surface area contributed by atoms with Crippen LogP contribution in [0.1, 0.15) is 40.2 Å². The highest BCUT2D eigenvalue weighted by atomic mass is 19.1. The molecule has 0 spiro atoms. The molecule has 21 heavy (non-hydrogen) atoms. The van der Waals surface area contributed by atoms with E-state index in [9.17, 15) is 9.18 Å². The zero-order valence-electron chi connectivity index (χ0n) is 13.5. The highest BCUT2D eigenvalue weighted by Crippen LogP contribution is 2.07. The van der Waals surface area contributed by atoms with Crippen LogP contribution in [0.15, 0.2) is 41.0 Å². The van der Waals surface area contributed by atoms with Gasteiger partial charge in [-0.2, -0.15) is 0 Å². The molecule has 0 aliphatic rings. The van der Waals surface area contributed by atoms with Gasteiger partial charge in [0, 0.05) is 18.6 Å². The molecule has 0 aliphatic heterocycles. The summed E-state index contributed by atoms with van der Waals surface area (Å²) in [7, 11) is 0. The van der Waals surface area contributed by atoms with Gasteiger partial charge in [-0.1, -0.05) is 45.9 Å². The number of amidine groups is 1. The molecule has 4 nitrogen and oxygen atoms in total. The molecule has 0 saturated carbocycles. The Kier molecular flexibility index (Phi) is 12.9. The first-order valence-corrected chi connectivity index (χ1v) is 7.02. The van der Waals surface area contributed by atoms with Gasteiger partial charge in [0.05, 0.1) is 12.2 Å². The molecule has 1 aromatic rings. The van der Waals surface area contributed by atoms with E-state index >= 15 is 0 Å². The van der Waals surface area contributed by atoms with Crippen LogP contribution in [-0.2, 0) is 11.3 Å². The van der Waals surface area contributed by atoms with Crippen molar-refractivity contribution < 1.29 is 9.18 Å². The first kappa shape index (κ1) is 21.1. The van der Waals surface area contributed by atoms with Crippen LogP contribution in [-0.4, -0.2) is 11.6 Å². The Morgan fingerprint density at radius 1 is 1.19 bits per heavy atom. The fourth-order valence-corrected chi connectivity index (χ4v) is 1.11. The summed E-state index contributed by atoms with van der Waals surface area (Å²) < 4.78 is 13.2. The number of nitrogens with two attached hydrogens (primary N) is 2. The van der Waals surface area contributed by atoms with Crippen LogP contribution in [0.5, 0.6) is 0 Å². The molecular formula is C16H26FN3O. The van der Waals surface area contributed by atoms with Gasteiger partial charge in [0.25, 0.3) is 0 Å². The lowest BCUT2D eigenvalue weighted by molar-refractivity contribution is -0.113. The minimum absolute atomic E-state index is 0.0276. The van der Waals surface area contributed by atoms with Gasteiger partial charge in [-0.3, -0.25) is 9.79 Å². The van der Waals surface area contributed by atoms with Crippen molar-refractivity contribution in [3.8, 4) is 0 Å². The standard InChI is InChI=1S/C12H14FN3O.2C2H6/c1-8(17)11(14)6-12(15)16-7-9-4-2-3-5-10(9)13;2*1-2/h2-6H,7,14H2,1H3,(H2,15,16);2*1-2H3/b11-6-;;. The van der Waals surface area contributed by atoms with Crippen LogP contribution in [0.3, 0.4) is 0 Å². The molecule has 0 amide bonds. The molecule has 5 heteroatoms. The second-order valence-electron chi connectivity index (χ2n) is 3.49. The number of benzene rings is 1. The first-order valence-electron chi connectivity index (χ1n) is 7.02. The molecule has 0 heterocycles. The van der Waals surface area contributed by atoms with Crippen molar-refractivity contribution in [3.63, 3.8) is 0 Å². The minimum atomic E-state index is -0.340. The van der Waals surface area contributed by atoms with Crippen LogP contribution in [0.4, 0.5) is 4.39 Å². The number of hydrogen-bond donors (Lipinski definition) is 2.